The quantitative estimate of drug-likeness (QED) is 0.150. The van der Waals surface area contributed by atoms with Crippen LogP contribution in [-0.4, -0.2) is 117 Å². The van der Waals surface area contributed by atoms with E-state index in [2.05, 4.69) is 18.9 Å². The smallest absolute Gasteiger partial charge is 0.394 e. The molecule has 0 aliphatic rings. The van der Waals surface area contributed by atoms with Crippen LogP contribution >= 0.6 is 0 Å². The zero-order valence-corrected chi connectivity index (χ0v) is 23.0. The third-order valence-electron chi connectivity index (χ3n) is 6.02. The van der Waals surface area contributed by atoms with E-state index in [1.165, 1.54) is 0 Å². The van der Waals surface area contributed by atoms with Crippen LogP contribution in [0, 0.1) is 5.41 Å². The van der Waals surface area contributed by atoms with Crippen molar-refractivity contribution < 1.29 is 143 Å². The zero-order valence-electron chi connectivity index (χ0n) is 23.0. The van der Waals surface area contributed by atoms with Gasteiger partial charge in [-0.2, -0.15) is 119 Å². The molecule has 1 N–H and O–H groups in total. The Bertz CT molecular complexity index is 873. The summed E-state index contributed by atoms with van der Waals surface area (Å²) < 4.78 is 372. The van der Waals surface area contributed by atoms with Gasteiger partial charge in [0.05, 0.1) is 45.1 Å². The fourth-order valence-corrected chi connectivity index (χ4v) is 3.57. The summed E-state index contributed by atoms with van der Waals surface area (Å²) >= 11 is 0. The molecule has 0 heterocycles. The molecule has 0 aliphatic heterocycles. The first kappa shape index (κ1) is 48.9. The number of alkyl halides is 27. The zero-order chi connectivity index (χ0) is 41.6. The van der Waals surface area contributed by atoms with Crippen molar-refractivity contribution in [1.29, 1.82) is 0 Å². The molecule has 0 aromatic carbocycles. The largest absolute Gasteiger partial charge is 0.435 e. The lowest BCUT2D eigenvalue weighted by atomic mass is 9.89. The first-order chi connectivity index (χ1) is 21.9. The molecule has 0 aliphatic carbocycles. The van der Waals surface area contributed by atoms with Crippen molar-refractivity contribution in [2.45, 2.75) is 72.4 Å². The molecule has 0 fully saturated rings. The molecular weight excluding hydrogens is 821 g/mol. The van der Waals surface area contributed by atoms with Crippen molar-refractivity contribution in [3.63, 3.8) is 0 Å². The van der Waals surface area contributed by atoms with Crippen molar-refractivity contribution in [2.24, 2.45) is 5.41 Å². The molecule has 0 aromatic rings. The molecule has 0 spiro atoms. The molecule has 0 bridgehead atoms. The van der Waals surface area contributed by atoms with Crippen LogP contribution in [0.25, 0.3) is 0 Å². The molecule has 32 heteroatoms. The highest BCUT2D eigenvalue weighted by Crippen LogP contribution is 2.59. The monoisotopic (exact) mass is 834 g/mol. The van der Waals surface area contributed by atoms with Crippen LogP contribution in [0.2, 0.25) is 0 Å². The minimum Gasteiger partial charge on any atom is -0.394 e. The summed E-state index contributed by atoms with van der Waals surface area (Å²) in [7, 11) is 0. The van der Waals surface area contributed by atoms with Gasteiger partial charge in [0.2, 0.25) is 0 Å². The van der Waals surface area contributed by atoms with Gasteiger partial charge in [-0.05, 0) is 0 Å². The van der Waals surface area contributed by atoms with E-state index in [0.29, 0.717) is 0 Å². The molecule has 51 heavy (non-hydrogen) atoms. The van der Waals surface area contributed by atoms with Crippen LogP contribution in [0.3, 0.4) is 0 Å². The van der Waals surface area contributed by atoms with Gasteiger partial charge in [-0.1, -0.05) is 0 Å². The van der Waals surface area contributed by atoms with Gasteiger partial charge in [0.25, 0.3) is 0 Å². The van der Waals surface area contributed by atoms with E-state index in [1.54, 1.807) is 0 Å². The summed E-state index contributed by atoms with van der Waals surface area (Å²) in [5.41, 5.74) is -28.8. The van der Waals surface area contributed by atoms with E-state index in [9.17, 15) is 119 Å². The second kappa shape index (κ2) is 14.3. The lowest BCUT2D eigenvalue weighted by Gasteiger charge is -2.45. The Morgan fingerprint density at radius 1 is 0.294 bits per heavy atom. The molecule has 0 rings (SSSR count). The van der Waals surface area contributed by atoms with E-state index in [1.807, 2.05) is 0 Å². The minimum atomic E-state index is -8.04. The highest BCUT2D eigenvalue weighted by molar-refractivity contribution is 5.06. The second-order valence-corrected chi connectivity index (χ2v) is 9.67. The van der Waals surface area contributed by atoms with Crippen LogP contribution in [0.5, 0.6) is 0 Å². The fraction of sp³-hybridized carbons (Fsp3) is 1.00. The number of hydrogen-bond acceptors (Lipinski definition) is 5. The Morgan fingerprint density at radius 3 is 0.608 bits per heavy atom. The van der Waals surface area contributed by atoms with Gasteiger partial charge in [0.1, 0.15) is 0 Å². The summed E-state index contributed by atoms with van der Waals surface area (Å²) in [6, 6.07) is 0. The summed E-state index contributed by atoms with van der Waals surface area (Å²) in [5.74, 6) is 0. The van der Waals surface area contributed by atoms with E-state index >= 15 is 0 Å². The van der Waals surface area contributed by atoms with Gasteiger partial charge in [0.15, 0.2) is 0 Å². The molecule has 0 saturated heterocycles. The third-order valence-corrected chi connectivity index (χ3v) is 6.02. The molecule has 0 atom stereocenters. The maximum absolute atomic E-state index is 13.4. The molecule has 0 radical (unpaired) electrons. The normalized spacial score (nSPS) is 16.2. The first-order valence-corrected chi connectivity index (χ1v) is 11.6. The van der Waals surface area contributed by atoms with Crippen LogP contribution in [0.4, 0.5) is 119 Å². The molecule has 0 amide bonds. The third kappa shape index (κ3) is 9.00. The summed E-state index contributed by atoms with van der Waals surface area (Å²) in [4.78, 5) is 0. The number of aliphatic hydroxyl groups is 1. The van der Waals surface area contributed by atoms with Crippen LogP contribution in [-0.2, 0) is 18.9 Å². The molecular formula is C19H13F27O5. The topological polar surface area (TPSA) is 57.2 Å². The maximum Gasteiger partial charge on any atom is 0.435 e. The van der Waals surface area contributed by atoms with Gasteiger partial charge in [-0.25, -0.2) is 0 Å². The number of ether oxygens (including phenoxy) is 4. The predicted molar refractivity (Wildman–Crippen MR) is 101 cm³/mol. The van der Waals surface area contributed by atoms with Crippen molar-refractivity contribution in [2.75, 3.05) is 39.6 Å². The fourth-order valence-electron chi connectivity index (χ4n) is 3.57. The van der Waals surface area contributed by atoms with Gasteiger partial charge in [0, 0.05) is 0 Å². The van der Waals surface area contributed by atoms with Gasteiger partial charge in [-0.15, -0.1) is 0 Å². The molecule has 0 saturated carbocycles. The predicted octanol–water partition coefficient (Wildman–Crippen LogP) is 8.31. The lowest BCUT2D eigenvalue weighted by molar-refractivity contribution is -0.474. The highest BCUT2D eigenvalue weighted by Gasteiger charge is 2.88. The Morgan fingerprint density at radius 2 is 0.471 bits per heavy atom. The molecule has 5 nitrogen and oxygen atoms in total. The molecule has 0 aromatic heterocycles. The number of hydrogen-bond donors (Lipinski definition) is 1. The lowest BCUT2D eigenvalue weighted by Crippen LogP contribution is -2.71. The minimum absolute atomic E-state index is 1.68. The Kier molecular flexibility index (Phi) is 13.7. The van der Waals surface area contributed by atoms with Crippen molar-refractivity contribution in [3.8, 4) is 0 Å². The number of halogens is 27. The van der Waals surface area contributed by atoms with Crippen molar-refractivity contribution in [1.82, 2.24) is 0 Å². The van der Waals surface area contributed by atoms with Gasteiger partial charge < -0.3 is 24.1 Å². The summed E-state index contributed by atoms with van der Waals surface area (Å²) in [5, 5.41) is 8.64. The van der Waals surface area contributed by atoms with Gasteiger partial charge >= 0.3 is 72.4 Å². The standard InChI is InChI=1S/C19H13F27O5/c20-11(21,22)8(12(23,24)25,13(26,27)28)49-4-7(3-48-2-1-47,5-50-9(14(29,30)31,15(32,33)34)16(35,36)37)6-51-10(17(38,39)40,18(41,42)43)19(44,45)46/h47H,1-6H2. The van der Waals surface area contributed by atoms with E-state index < -0.39 is 117 Å². The Hall–Kier alpha value is -2.09. The van der Waals surface area contributed by atoms with E-state index in [0.717, 1.165) is 0 Å². The molecule has 0 unspecified atom stereocenters. The Balaban J connectivity index is 8.26. The number of rotatable bonds is 13. The van der Waals surface area contributed by atoms with E-state index in [-0.39, 0.29) is 0 Å². The average molecular weight is 834 g/mol. The average Bonchev–Trinajstić information content (AvgIpc) is 2.76. The SMILES string of the molecule is OCCOCC(COC(C(F)(F)F)(C(F)(F)F)C(F)(F)F)(COC(C(F)(F)F)(C(F)(F)F)C(F)(F)F)COC(C(F)(F)F)(C(F)(F)F)C(F)(F)F. The molecule has 308 valence electrons. The van der Waals surface area contributed by atoms with E-state index in [4.69, 9.17) is 5.11 Å². The van der Waals surface area contributed by atoms with Crippen molar-refractivity contribution >= 4 is 0 Å². The Labute approximate surface area is 261 Å². The second-order valence-electron chi connectivity index (χ2n) is 9.67. The summed E-state index contributed by atoms with van der Waals surface area (Å²) in [6.07, 6.45) is -72.3. The van der Waals surface area contributed by atoms with Crippen LogP contribution < -0.4 is 0 Å². The van der Waals surface area contributed by atoms with Crippen LogP contribution in [0.15, 0.2) is 0 Å². The maximum atomic E-state index is 13.4. The van der Waals surface area contributed by atoms with Crippen LogP contribution in [0.1, 0.15) is 0 Å². The van der Waals surface area contributed by atoms with Gasteiger partial charge in [-0.3, -0.25) is 0 Å². The summed E-state index contributed by atoms with van der Waals surface area (Å²) in [6.45, 7) is -18.4. The number of aliphatic hydroxyl groups excluding tert-OH is 1. The van der Waals surface area contributed by atoms with Crippen molar-refractivity contribution in [3.05, 3.63) is 0 Å². The highest BCUT2D eigenvalue weighted by atomic mass is 19.5. The first-order valence-electron chi connectivity index (χ1n) is 11.6.